The second-order valence-corrected chi connectivity index (χ2v) is 5.93. The molecule has 3 aromatic rings. The van der Waals surface area contributed by atoms with Crippen LogP contribution in [0.5, 0.6) is 5.75 Å². The summed E-state index contributed by atoms with van der Waals surface area (Å²) in [5, 5.41) is 0. The van der Waals surface area contributed by atoms with Gasteiger partial charge in [-0.2, -0.15) is 0 Å². The third-order valence-corrected chi connectivity index (χ3v) is 4.10. The van der Waals surface area contributed by atoms with Gasteiger partial charge in [0, 0.05) is 4.90 Å². The van der Waals surface area contributed by atoms with E-state index >= 15 is 0 Å². The van der Waals surface area contributed by atoms with E-state index in [-0.39, 0.29) is 0 Å². The van der Waals surface area contributed by atoms with E-state index in [1.165, 1.54) is 4.90 Å². The Morgan fingerprint density at radius 2 is 1.90 bits per heavy atom. The van der Waals surface area contributed by atoms with Gasteiger partial charge in [0.2, 0.25) is 0 Å². The number of methoxy groups -OCH3 is 1. The molecule has 3 rings (SSSR count). The molecule has 0 aliphatic carbocycles. The highest BCUT2D eigenvalue weighted by Crippen LogP contribution is 2.31. The quantitative estimate of drug-likeness (QED) is 0.533. The Hall–Kier alpha value is -1.81. The zero-order chi connectivity index (χ0) is 14.1. The van der Waals surface area contributed by atoms with E-state index in [0.717, 1.165) is 39.1 Å². The summed E-state index contributed by atoms with van der Waals surface area (Å²) >= 11 is 1.78. The maximum absolute atomic E-state index is 5.48. The summed E-state index contributed by atoms with van der Waals surface area (Å²) in [7, 11) is 1.68. The number of para-hydroxylation sites is 1. The number of rotatable bonds is 3. The number of aryl methyl sites for hydroxylation is 1. The average molecular weight is 284 g/mol. The average Bonchev–Trinajstić information content (AvgIpc) is 2.46. The summed E-state index contributed by atoms with van der Waals surface area (Å²) in [6.45, 7) is 4.20. The molecule has 0 fully saturated rings. The highest BCUT2D eigenvalue weighted by molar-refractivity contribution is 7.99. The Labute approximate surface area is 122 Å². The molecule has 4 heteroatoms. The molecular formula is C16H16N2OS. The van der Waals surface area contributed by atoms with Crippen molar-refractivity contribution in [3.05, 3.63) is 35.9 Å². The van der Waals surface area contributed by atoms with Crippen molar-refractivity contribution in [3.8, 4) is 5.75 Å². The summed E-state index contributed by atoms with van der Waals surface area (Å²) in [6.07, 6.45) is 0. The van der Waals surface area contributed by atoms with Crippen LogP contribution in [0.25, 0.3) is 22.1 Å². The third-order valence-electron chi connectivity index (χ3n) is 3.24. The second-order valence-electron chi connectivity index (χ2n) is 4.59. The number of hydrogen-bond acceptors (Lipinski definition) is 4. The van der Waals surface area contributed by atoms with Crippen LogP contribution in [-0.2, 0) is 0 Å². The Morgan fingerprint density at radius 1 is 1.10 bits per heavy atom. The molecule has 0 atom stereocenters. The maximum atomic E-state index is 5.48. The molecule has 102 valence electrons. The molecule has 3 nitrogen and oxygen atoms in total. The first-order valence-electron chi connectivity index (χ1n) is 6.61. The number of nitrogens with zero attached hydrogens (tertiary/aromatic N) is 2. The molecule has 0 spiro atoms. The number of thioether (sulfide) groups is 1. The highest BCUT2D eigenvalue weighted by atomic mass is 32.2. The van der Waals surface area contributed by atoms with Gasteiger partial charge >= 0.3 is 0 Å². The number of fused-ring (bicyclic) bond motifs is 2. The summed E-state index contributed by atoms with van der Waals surface area (Å²) in [5.74, 6) is 1.81. The van der Waals surface area contributed by atoms with Gasteiger partial charge < -0.3 is 4.74 Å². The Kier molecular flexibility index (Phi) is 3.49. The minimum absolute atomic E-state index is 0.786. The van der Waals surface area contributed by atoms with Gasteiger partial charge in [0.05, 0.1) is 23.7 Å². The molecule has 1 heterocycles. The summed E-state index contributed by atoms with van der Waals surface area (Å²) in [5.41, 5.74) is 4.73. The molecule has 0 bridgehead atoms. The number of hydrogen-bond donors (Lipinski definition) is 0. The van der Waals surface area contributed by atoms with Crippen molar-refractivity contribution in [2.75, 3.05) is 12.9 Å². The molecule has 0 saturated heterocycles. The van der Waals surface area contributed by atoms with Crippen LogP contribution >= 0.6 is 11.8 Å². The zero-order valence-electron chi connectivity index (χ0n) is 11.8. The smallest absolute Gasteiger partial charge is 0.147 e. The van der Waals surface area contributed by atoms with Gasteiger partial charge in [-0.3, -0.25) is 0 Å². The first kappa shape index (κ1) is 13.2. The second kappa shape index (κ2) is 5.29. The normalized spacial score (nSPS) is 11.2. The van der Waals surface area contributed by atoms with Gasteiger partial charge in [-0.15, -0.1) is 11.8 Å². The SMILES string of the molecule is CCSc1cc(OC)c2nc3cccc(C)c3nc2c1. The van der Waals surface area contributed by atoms with E-state index in [2.05, 4.69) is 26.0 Å². The molecule has 0 amide bonds. The Balaban J connectivity index is 2.35. The molecule has 20 heavy (non-hydrogen) atoms. The van der Waals surface area contributed by atoms with Crippen molar-refractivity contribution < 1.29 is 4.74 Å². The van der Waals surface area contributed by atoms with Crippen molar-refractivity contribution >= 4 is 33.8 Å². The van der Waals surface area contributed by atoms with Crippen LogP contribution in [0.4, 0.5) is 0 Å². The molecule has 0 saturated carbocycles. The minimum atomic E-state index is 0.786. The van der Waals surface area contributed by atoms with Crippen molar-refractivity contribution in [3.63, 3.8) is 0 Å². The molecule has 0 N–H and O–H groups in total. The fourth-order valence-electron chi connectivity index (χ4n) is 2.29. The molecule has 2 aromatic carbocycles. The van der Waals surface area contributed by atoms with Crippen LogP contribution in [0.3, 0.4) is 0 Å². The van der Waals surface area contributed by atoms with Crippen molar-refractivity contribution in [2.45, 2.75) is 18.7 Å². The van der Waals surface area contributed by atoms with E-state index in [0.29, 0.717) is 0 Å². The van der Waals surface area contributed by atoms with Crippen LogP contribution in [-0.4, -0.2) is 22.8 Å². The van der Waals surface area contributed by atoms with Crippen LogP contribution in [0.2, 0.25) is 0 Å². The van der Waals surface area contributed by atoms with E-state index in [1.54, 1.807) is 18.9 Å². The molecule has 0 aliphatic heterocycles. The monoisotopic (exact) mass is 284 g/mol. The predicted octanol–water partition coefficient (Wildman–Crippen LogP) is 4.21. The van der Waals surface area contributed by atoms with Crippen LogP contribution in [0.15, 0.2) is 35.2 Å². The lowest BCUT2D eigenvalue weighted by molar-refractivity contribution is 0.418. The van der Waals surface area contributed by atoms with Gasteiger partial charge in [-0.25, -0.2) is 9.97 Å². The lowest BCUT2D eigenvalue weighted by Crippen LogP contribution is -1.94. The zero-order valence-corrected chi connectivity index (χ0v) is 12.6. The number of aromatic nitrogens is 2. The topological polar surface area (TPSA) is 35.0 Å². The van der Waals surface area contributed by atoms with Crippen LogP contribution in [0, 0.1) is 6.92 Å². The van der Waals surface area contributed by atoms with Gasteiger partial charge in [0.25, 0.3) is 0 Å². The third kappa shape index (κ3) is 2.20. The molecule has 0 aliphatic rings. The fraction of sp³-hybridized carbons (Fsp3) is 0.250. The first-order valence-corrected chi connectivity index (χ1v) is 7.59. The predicted molar refractivity (Wildman–Crippen MR) is 84.7 cm³/mol. The van der Waals surface area contributed by atoms with Gasteiger partial charge in [-0.1, -0.05) is 19.1 Å². The molecule has 1 aromatic heterocycles. The summed E-state index contributed by atoms with van der Waals surface area (Å²) in [6, 6.07) is 10.2. The first-order chi connectivity index (χ1) is 9.72. The molecular weight excluding hydrogens is 268 g/mol. The standard InChI is InChI=1S/C16H16N2OS/c1-4-20-11-8-13-16(14(9-11)19-3)17-12-7-5-6-10(2)15(12)18-13/h5-9H,4H2,1-3H3. The Morgan fingerprint density at radius 3 is 2.65 bits per heavy atom. The fourth-order valence-corrected chi connectivity index (χ4v) is 3.01. The lowest BCUT2D eigenvalue weighted by atomic mass is 10.2. The molecule has 0 unspecified atom stereocenters. The van der Waals surface area contributed by atoms with Crippen molar-refractivity contribution in [1.29, 1.82) is 0 Å². The number of benzene rings is 2. The van der Waals surface area contributed by atoms with E-state index < -0.39 is 0 Å². The van der Waals surface area contributed by atoms with E-state index in [1.807, 2.05) is 18.2 Å². The van der Waals surface area contributed by atoms with Gasteiger partial charge in [-0.05, 0) is 36.4 Å². The maximum Gasteiger partial charge on any atom is 0.147 e. The highest BCUT2D eigenvalue weighted by Gasteiger charge is 2.10. The van der Waals surface area contributed by atoms with Crippen molar-refractivity contribution in [2.24, 2.45) is 0 Å². The Bertz CT molecular complexity index is 786. The summed E-state index contributed by atoms with van der Waals surface area (Å²) in [4.78, 5) is 10.7. The summed E-state index contributed by atoms with van der Waals surface area (Å²) < 4.78 is 5.48. The lowest BCUT2D eigenvalue weighted by Gasteiger charge is -2.09. The number of ether oxygens (including phenoxy) is 1. The molecule has 0 radical (unpaired) electrons. The minimum Gasteiger partial charge on any atom is -0.494 e. The van der Waals surface area contributed by atoms with E-state index in [4.69, 9.17) is 14.7 Å². The van der Waals surface area contributed by atoms with Crippen LogP contribution < -0.4 is 4.74 Å². The van der Waals surface area contributed by atoms with Crippen LogP contribution in [0.1, 0.15) is 12.5 Å². The van der Waals surface area contributed by atoms with Gasteiger partial charge in [0.15, 0.2) is 0 Å². The largest absolute Gasteiger partial charge is 0.494 e. The van der Waals surface area contributed by atoms with Gasteiger partial charge in [0.1, 0.15) is 11.3 Å². The van der Waals surface area contributed by atoms with Crippen molar-refractivity contribution in [1.82, 2.24) is 9.97 Å². The van der Waals surface area contributed by atoms with E-state index in [9.17, 15) is 0 Å².